The molecule has 17 heavy (non-hydrogen) atoms. The summed E-state index contributed by atoms with van der Waals surface area (Å²) in [5.74, 6) is 0.591. The number of rotatable bonds is 4. The second-order valence-corrected chi connectivity index (χ2v) is 6.36. The van der Waals surface area contributed by atoms with Crippen LogP contribution in [0.2, 0.25) is 0 Å². The van der Waals surface area contributed by atoms with Crippen LogP contribution in [0.3, 0.4) is 0 Å². The van der Waals surface area contributed by atoms with Gasteiger partial charge in [-0.05, 0) is 37.1 Å². The molecule has 1 rings (SSSR count). The molecule has 0 atom stereocenters. The molecule has 0 spiro atoms. The lowest BCUT2D eigenvalue weighted by Gasteiger charge is -2.11. The molecule has 0 heterocycles. The van der Waals surface area contributed by atoms with Gasteiger partial charge in [0.15, 0.2) is 0 Å². The Morgan fingerprint density at radius 2 is 1.88 bits per heavy atom. The minimum atomic E-state index is -3.69. The molecular formula is C11H14BrNO3S. The molecular weight excluding hydrogens is 306 g/mol. The summed E-state index contributed by atoms with van der Waals surface area (Å²) in [6, 6.07) is 3.28. The average molecular weight is 320 g/mol. The van der Waals surface area contributed by atoms with Crippen LogP contribution in [-0.2, 0) is 10.0 Å². The molecule has 4 nitrogen and oxygen atoms in total. The zero-order valence-electron chi connectivity index (χ0n) is 9.66. The fraction of sp³-hybridized carbons (Fsp3) is 0.273. The van der Waals surface area contributed by atoms with Crippen molar-refractivity contribution in [2.24, 2.45) is 5.14 Å². The monoisotopic (exact) mass is 319 g/mol. The van der Waals surface area contributed by atoms with E-state index in [1.165, 1.54) is 0 Å². The largest absolute Gasteiger partial charge is 0.488 e. The molecule has 6 heteroatoms. The zero-order valence-corrected chi connectivity index (χ0v) is 12.1. The highest BCUT2D eigenvalue weighted by Crippen LogP contribution is 2.25. The van der Waals surface area contributed by atoms with Crippen LogP contribution in [-0.4, -0.2) is 15.0 Å². The molecule has 0 aliphatic rings. The SMILES string of the molecule is C=C(Br)COc1cc(C)c(S(N)(=O)=O)c(C)c1. The van der Waals surface area contributed by atoms with Gasteiger partial charge in [0.25, 0.3) is 0 Å². The van der Waals surface area contributed by atoms with Crippen molar-refractivity contribution in [3.05, 3.63) is 34.3 Å². The third-order valence-corrected chi connectivity index (χ3v) is 3.56. The minimum absolute atomic E-state index is 0.155. The second kappa shape index (κ2) is 5.20. The standard InChI is InChI=1S/C11H14BrNO3S/c1-7-4-10(16-6-9(3)12)5-8(2)11(7)17(13,14)15/h4-5H,3,6H2,1-2H3,(H2,13,14,15). The number of aryl methyl sites for hydroxylation is 2. The van der Waals surface area contributed by atoms with Crippen LogP contribution < -0.4 is 9.88 Å². The average Bonchev–Trinajstić information content (AvgIpc) is 2.11. The molecule has 1 aromatic rings. The molecule has 0 aliphatic carbocycles. The molecule has 94 valence electrons. The molecule has 0 unspecified atom stereocenters. The third kappa shape index (κ3) is 3.83. The Kier molecular flexibility index (Phi) is 4.35. The van der Waals surface area contributed by atoms with Gasteiger partial charge in [-0.1, -0.05) is 22.5 Å². The first-order chi connectivity index (χ1) is 7.71. The van der Waals surface area contributed by atoms with Crippen LogP contribution in [0.5, 0.6) is 5.75 Å². The van der Waals surface area contributed by atoms with Crippen LogP contribution in [0.1, 0.15) is 11.1 Å². The lowest BCUT2D eigenvalue weighted by atomic mass is 10.1. The highest BCUT2D eigenvalue weighted by atomic mass is 79.9. The molecule has 1 aromatic carbocycles. The highest BCUT2D eigenvalue weighted by Gasteiger charge is 2.16. The van der Waals surface area contributed by atoms with Crippen molar-refractivity contribution in [2.45, 2.75) is 18.7 Å². The van der Waals surface area contributed by atoms with Crippen LogP contribution in [0.15, 0.2) is 28.1 Å². The van der Waals surface area contributed by atoms with Gasteiger partial charge in [-0.15, -0.1) is 0 Å². The Morgan fingerprint density at radius 3 is 2.24 bits per heavy atom. The first kappa shape index (κ1) is 14.2. The second-order valence-electron chi connectivity index (χ2n) is 3.74. The molecule has 0 aliphatic heterocycles. The van der Waals surface area contributed by atoms with E-state index in [4.69, 9.17) is 9.88 Å². The maximum absolute atomic E-state index is 11.4. The van der Waals surface area contributed by atoms with Gasteiger partial charge in [-0.25, -0.2) is 13.6 Å². The van der Waals surface area contributed by atoms with Gasteiger partial charge in [-0.3, -0.25) is 0 Å². The number of primary sulfonamides is 1. The predicted molar refractivity (Wildman–Crippen MR) is 70.9 cm³/mol. The van der Waals surface area contributed by atoms with Crippen molar-refractivity contribution >= 4 is 26.0 Å². The van der Waals surface area contributed by atoms with E-state index in [2.05, 4.69) is 22.5 Å². The predicted octanol–water partition coefficient (Wildman–Crippen LogP) is 2.24. The van der Waals surface area contributed by atoms with Gasteiger partial charge in [0.2, 0.25) is 10.0 Å². The lowest BCUT2D eigenvalue weighted by Crippen LogP contribution is -2.15. The van der Waals surface area contributed by atoms with Gasteiger partial charge >= 0.3 is 0 Å². The summed E-state index contributed by atoms with van der Waals surface area (Å²) in [5.41, 5.74) is 1.14. The molecule has 0 amide bonds. The van der Waals surface area contributed by atoms with Crippen LogP contribution in [0.4, 0.5) is 0 Å². The zero-order chi connectivity index (χ0) is 13.2. The van der Waals surface area contributed by atoms with Crippen molar-refractivity contribution in [2.75, 3.05) is 6.61 Å². The summed E-state index contributed by atoms with van der Waals surface area (Å²) in [6.07, 6.45) is 0. The molecule has 0 aromatic heterocycles. The number of hydrogen-bond acceptors (Lipinski definition) is 3. The Balaban J connectivity index is 3.15. The first-order valence-corrected chi connectivity index (χ1v) is 7.16. The maximum atomic E-state index is 11.4. The number of sulfonamides is 1. The lowest BCUT2D eigenvalue weighted by molar-refractivity contribution is 0.360. The van der Waals surface area contributed by atoms with Crippen molar-refractivity contribution in [1.82, 2.24) is 0 Å². The summed E-state index contributed by atoms with van der Waals surface area (Å²) < 4.78 is 28.9. The van der Waals surface area contributed by atoms with Crippen LogP contribution in [0.25, 0.3) is 0 Å². The van der Waals surface area contributed by atoms with E-state index in [9.17, 15) is 8.42 Å². The van der Waals surface area contributed by atoms with E-state index < -0.39 is 10.0 Å². The van der Waals surface area contributed by atoms with Crippen LogP contribution in [0, 0.1) is 13.8 Å². The van der Waals surface area contributed by atoms with E-state index in [1.54, 1.807) is 26.0 Å². The normalized spacial score (nSPS) is 11.3. The quantitative estimate of drug-likeness (QED) is 0.925. The van der Waals surface area contributed by atoms with Gasteiger partial charge in [0, 0.05) is 4.48 Å². The fourth-order valence-electron chi connectivity index (χ4n) is 1.60. The van der Waals surface area contributed by atoms with Crippen molar-refractivity contribution in [1.29, 1.82) is 0 Å². The molecule has 0 saturated carbocycles. The van der Waals surface area contributed by atoms with Crippen molar-refractivity contribution < 1.29 is 13.2 Å². The molecule has 0 fully saturated rings. The van der Waals surface area contributed by atoms with E-state index in [-0.39, 0.29) is 4.90 Å². The summed E-state index contributed by atoms with van der Waals surface area (Å²) >= 11 is 3.18. The number of halogens is 1. The Morgan fingerprint density at radius 1 is 1.41 bits per heavy atom. The Bertz CT molecular complexity index is 529. The van der Waals surface area contributed by atoms with E-state index in [0.717, 1.165) is 0 Å². The molecule has 0 radical (unpaired) electrons. The van der Waals surface area contributed by atoms with E-state index in [1.807, 2.05) is 0 Å². The van der Waals surface area contributed by atoms with Crippen molar-refractivity contribution in [3.63, 3.8) is 0 Å². The third-order valence-electron chi connectivity index (χ3n) is 2.11. The van der Waals surface area contributed by atoms with Crippen LogP contribution >= 0.6 is 15.9 Å². The maximum Gasteiger partial charge on any atom is 0.238 e. The summed E-state index contributed by atoms with van der Waals surface area (Å²) in [6.45, 7) is 7.34. The van der Waals surface area contributed by atoms with E-state index >= 15 is 0 Å². The smallest absolute Gasteiger partial charge is 0.238 e. The summed E-state index contributed by atoms with van der Waals surface area (Å²) in [4.78, 5) is 0.155. The summed E-state index contributed by atoms with van der Waals surface area (Å²) in [5, 5.41) is 5.14. The molecule has 0 bridgehead atoms. The number of nitrogens with two attached hydrogens (primary N) is 1. The molecule has 2 N–H and O–H groups in total. The number of hydrogen-bond donors (Lipinski definition) is 1. The number of ether oxygens (including phenoxy) is 1. The van der Waals surface area contributed by atoms with Gasteiger partial charge < -0.3 is 4.74 Å². The summed E-state index contributed by atoms with van der Waals surface area (Å²) in [7, 11) is -3.69. The van der Waals surface area contributed by atoms with E-state index in [0.29, 0.717) is 28.0 Å². The Labute approximate surface area is 110 Å². The Hall–Kier alpha value is -0.850. The van der Waals surface area contributed by atoms with Crippen molar-refractivity contribution in [3.8, 4) is 5.75 Å². The van der Waals surface area contributed by atoms with Gasteiger partial charge in [0.05, 0.1) is 4.90 Å². The first-order valence-electron chi connectivity index (χ1n) is 4.82. The number of benzene rings is 1. The fourth-order valence-corrected chi connectivity index (χ4v) is 2.73. The van der Waals surface area contributed by atoms with Gasteiger partial charge in [-0.2, -0.15) is 0 Å². The highest BCUT2D eigenvalue weighted by molar-refractivity contribution is 9.11. The molecule has 0 saturated heterocycles. The van der Waals surface area contributed by atoms with Gasteiger partial charge in [0.1, 0.15) is 12.4 Å². The topological polar surface area (TPSA) is 69.4 Å². The minimum Gasteiger partial charge on any atom is -0.488 e.